The second kappa shape index (κ2) is 9.82. The minimum Gasteiger partial charge on any atom is -0.485 e. The van der Waals surface area contributed by atoms with Crippen molar-refractivity contribution in [2.75, 3.05) is 44.7 Å². The van der Waals surface area contributed by atoms with E-state index in [4.69, 9.17) is 9.47 Å². The van der Waals surface area contributed by atoms with E-state index in [0.29, 0.717) is 18.8 Å². The molecule has 0 radical (unpaired) electrons. The molecule has 1 aliphatic rings. The molecule has 1 N–H and O–H groups in total. The molecular weight excluding hydrogens is 370 g/mol. The molecule has 0 bridgehead atoms. The zero-order valence-corrected chi connectivity index (χ0v) is 16.8. The van der Waals surface area contributed by atoms with Gasteiger partial charge in [0.2, 0.25) is 5.91 Å². The molecule has 0 saturated carbocycles. The Balaban J connectivity index is 1.44. The minimum atomic E-state index is -0.337. The first-order valence-electron chi connectivity index (χ1n) is 9.76. The molecule has 0 saturated heterocycles. The van der Waals surface area contributed by atoms with E-state index in [9.17, 15) is 9.59 Å². The van der Waals surface area contributed by atoms with Gasteiger partial charge in [0.05, 0.1) is 25.3 Å². The number of ether oxygens (including phenoxy) is 2. The van der Waals surface area contributed by atoms with Crippen LogP contribution in [0.5, 0.6) is 11.5 Å². The van der Waals surface area contributed by atoms with Gasteiger partial charge in [-0.15, -0.1) is 0 Å². The van der Waals surface area contributed by atoms with E-state index in [0.717, 1.165) is 18.0 Å². The number of hydrogen-bond donors (Lipinski definition) is 1. The highest BCUT2D eigenvalue weighted by atomic mass is 16.5. The number of carbonyl (C=O) groups excluding carboxylic acids is 2. The molecule has 7 heteroatoms. The number of nitrogens with one attached hydrogen (secondary N) is 1. The molecule has 0 fully saturated rings. The fourth-order valence-corrected chi connectivity index (χ4v) is 3.21. The summed E-state index contributed by atoms with van der Waals surface area (Å²) in [6.45, 7) is 3.92. The summed E-state index contributed by atoms with van der Waals surface area (Å²) in [6.07, 6.45) is -0.129. The van der Waals surface area contributed by atoms with Crippen LogP contribution in [0.4, 0.5) is 5.69 Å². The molecule has 7 nitrogen and oxygen atoms in total. The third-order valence-corrected chi connectivity index (χ3v) is 4.76. The Labute approximate surface area is 171 Å². The van der Waals surface area contributed by atoms with Crippen molar-refractivity contribution in [2.45, 2.75) is 13.0 Å². The van der Waals surface area contributed by atoms with Crippen molar-refractivity contribution in [1.29, 1.82) is 0 Å². The lowest BCUT2D eigenvalue weighted by atomic mass is 10.2. The summed E-state index contributed by atoms with van der Waals surface area (Å²) in [4.78, 5) is 28.1. The van der Waals surface area contributed by atoms with Crippen LogP contribution in [0.1, 0.15) is 6.92 Å². The third kappa shape index (κ3) is 5.63. The lowest BCUT2D eigenvalue weighted by molar-refractivity contribution is -0.133. The van der Waals surface area contributed by atoms with Crippen LogP contribution in [-0.2, 0) is 9.59 Å². The van der Waals surface area contributed by atoms with Crippen molar-refractivity contribution in [2.24, 2.45) is 0 Å². The Kier molecular flexibility index (Phi) is 6.94. The van der Waals surface area contributed by atoms with Crippen LogP contribution in [0.25, 0.3) is 0 Å². The third-order valence-electron chi connectivity index (χ3n) is 4.76. The number of nitrogens with zero attached hydrogens (tertiary/aromatic N) is 2. The fraction of sp³-hybridized carbons (Fsp3) is 0.364. The zero-order chi connectivity index (χ0) is 20.6. The Morgan fingerprint density at radius 3 is 2.66 bits per heavy atom. The van der Waals surface area contributed by atoms with E-state index in [2.05, 4.69) is 17.1 Å². The molecule has 2 amide bonds. The maximum absolute atomic E-state index is 12.4. The lowest BCUT2D eigenvalue weighted by Crippen LogP contribution is -2.48. The van der Waals surface area contributed by atoms with Gasteiger partial charge in [0.25, 0.3) is 5.91 Å². The largest absolute Gasteiger partial charge is 0.485 e. The second-order valence-corrected chi connectivity index (χ2v) is 6.90. The van der Waals surface area contributed by atoms with E-state index in [1.54, 1.807) is 24.1 Å². The summed E-state index contributed by atoms with van der Waals surface area (Å²) in [5.74, 6) is 0.929. The van der Waals surface area contributed by atoms with Gasteiger partial charge in [-0.3, -0.25) is 9.59 Å². The molecule has 0 unspecified atom stereocenters. The molecule has 154 valence electrons. The van der Waals surface area contributed by atoms with Crippen LogP contribution in [0, 0.1) is 0 Å². The molecule has 1 heterocycles. The van der Waals surface area contributed by atoms with Gasteiger partial charge in [0.1, 0.15) is 17.6 Å². The van der Waals surface area contributed by atoms with Gasteiger partial charge in [0, 0.05) is 13.6 Å². The molecular formula is C22H27N3O4. The van der Waals surface area contributed by atoms with Crippen LogP contribution in [0.3, 0.4) is 0 Å². The molecule has 1 aliphatic heterocycles. The minimum absolute atomic E-state index is 0.0751. The number of carbonyl (C=O) groups is 2. The van der Waals surface area contributed by atoms with E-state index in [-0.39, 0.29) is 31.1 Å². The smallest absolute Gasteiger partial charge is 0.258 e. The second-order valence-electron chi connectivity index (χ2n) is 6.90. The number of fused-ring (bicyclic) bond motifs is 1. The standard InChI is InChI=1S/C22H27N3O4/c1-3-25-15-18(29-20-12-8-7-11-19(20)25)14-24(2)22(27)13-23-21(26)16-28-17-9-5-4-6-10-17/h4-12,18H,3,13-16H2,1-2H3,(H,23,26)/t18-/m0/s1. The summed E-state index contributed by atoms with van der Waals surface area (Å²) >= 11 is 0. The van der Waals surface area contributed by atoms with Gasteiger partial charge in [-0.25, -0.2) is 0 Å². The predicted molar refractivity (Wildman–Crippen MR) is 111 cm³/mol. The summed E-state index contributed by atoms with van der Waals surface area (Å²) < 4.78 is 11.4. The number of amides is 2. The van der Waals surface area contributed by atoms with Crippen LogP contribution in [0.15, 0.2) is 54.6 Å². The number of likely N-dealkylation sites (N-methyl/N-ethyl adjacent to an activating group) is 2. The Bertz CT molecular complexity index is 828. The van der Waals surface area contributed by atoms with Crippen molar-refractivity contribution in [3.05, 3.63) is 54.6 Å². The summed E-state index contributed by atoms with van der Waals surface area (Å²) in [5, 5.41) is 2.60. The Hall–Kier alpha value is -3.22. The van der Waals surface area contributed by atoms with Crippen LogP contribution in [-0.4, -0.2) is 62.7 Å². The van der Waals surface area contributed by atoms with E-state index < -0.39 is 0 Å². The van der Waals surface area contributed by atoms with Crippen LogP contribution >= 0.6 is 0 Å². The highest BCUT2D eigenvalue weighted by Crippen LogP contribution is 2.32. The fourth-order valence-electron chi connectivity index (χ4n) is 3.21. The number of benzene rings is 2. The predicted octanol–water partition coefficient (Wildman–Crippen LogP) is 1.93. The van der Waals surface area contributed by atoms with Crippen molar-refractivity contribution >= 4 is 17.5 Å². The van der Waals surface area contributed by atoms with Gasteiger partial charge in [-0.05, 0) is 31.2 Å². The van der Waals surface area contributed by atoms with E-state index >= 15 is 0 Å². The maximum Gasteiger partial charge on any atom is 0.258 e. The number of para-hydroxylation sites is 3. The lowest BCUT2D eigenvalue weighted by Gasteiger charge is -2.37. The summed E-state index contributed by atoms with van der Waals surface area (Å²) in [6, 6.07) is 17.0. The van der Waals surface area contributed by atoms with Crippen molar-refractivity contribution in [1.82, 2.24) is 10.2 Å². The molecule has 1 atom stereocenters. The van der Waals surface area contributed by atoms with Gasteiger partial charge in [-0.2, -0.15) is 0 Å². The van der Waals surface area contributed by atoms with Gasteiger partial charge >= 0.3 is 0 Å². The quantitative estimate of drug-likeness (QED) is 0.737. The Morgan fingerprint density at radius 2 is 1.90 bits per heavy atom. The van der Waals surface area contributed by atoms with Gasteiger partial charge < -0.3 is 24.6 Å². The van der Waals surface area contributed by atoms with Crippen LogP contribution in [0.2, 0.25) is 0 Å². The Morgan fingerprint density at radius 1 is 1.17 bits per heavy atom. The highest BCUT2D eigenvalue weighted by Gasteiger charge is 2.26. The average molecular weight is 397 g/mol. The summed E-state index contributed by atoms with van der Waals surface area (Å²) in [7, 11) is 1.72. The maximum atomic E-state index is 12.4. The highest BCUT2D eigenvalue weighted by molar-refractivity contribution is 5.85. The van der Waals surface area contributed by atoms with Crippen LogP contribution < -0.4 is 19.7 Å². The van der Waals surface area contributed by atoms with Gasteiger partial charge in [-0.1, -0.05) is 30.3 Å². The molecule has 2 aromatic rings. The number of hydrogen-bond acceptors (Lipinski definition) is 5. The number of rotatable bonds is 8. The normalized spacial score (nSPS) is 15.1. The average Bonchev–Trinajstić information content (AvgIpc) is 2.76. The van der Waals surface area contributed by atoms with E-state index in [1.807, 2.05) is 42.5 Å². The SMILES string of the molecule is CCN1C[C@H](CN(C)C(=O)CNC(=O)COc2ccccc2)Oc2ccccc21. The van der Waals surface area contributed by atoms with Crippen molar-refractivity contribution in [3.8, 4) is 11.5 Å². The first-order chi connectivity index (χ1) is 14.1. The summed E-state index contributed by atoms with van der Waals surface area (Å²) in [5.41, 5.74) is 1.07. The van der Waals surface area contributed by atoms with Gasteiger partial charge in [0.15, 0.2) is 6.61 Å². The van der Waals surface area contributed by atoms with E-state index in [1.165, 1.54) is 0 Å². The number of anilines is 1. The first-order valence-corrected chi connectivity index (χ1v) is 9.76. The molecule has 3 rings (SSSR count). The molecule has 0 aromatic heterocycles. The molecule has 29 heavy (non-hydrogen) atoms. The topological polar surface area (TPSA) is 71.1 Å². The molecule has 0 spiro atoms. The first kappa shape index (κ1) is 20.5. The monoisotopic (exact) mass is 397 g/mol. The molecule has 2 aromatic carbocycles. The van der Waals surface area contributed by atoms with Crippen molar-refractivity contribution < 1.29 is 19.1 Å². The van der Waals surface area contributed by atoms with Crippen molar-refractivity contribution in [3.63, 3.8) is 0 Å². The molecule has 0 aliphatic carbocycles. The zero-order valence-electron chi connectivity index (χ0n) is 16.8.